The van der Waals surface area contributed by atoms with Gasteiger partial charge in [0.15, 0.2) is 5.65 Å². The van der Waals surface area contributed by atoms with Crippen LogP contribution in [0.2, 0.25) is 0 Å². The molecule has 0 aliphatic heterocycles. The summed E-state index contributed by atoms with van der Waals surface area (Å²) in [4.78, 5) is 10.7. The molecular formula is C6H5N5O. The Morgan fingerprint density at radius 1 is 1.58 bits per heavy atom. The van der Waals surface area contributed by atoms with Crippen LogP contribution in [-0.2, 0) is 0 Å². The van der Waals surface area contributed by atoms with Gasteiger partial charge in [0.25, 0.3) is 0 Å². The number of amides is 1. The van der Waals surface area contributed by atoms with Crippen LogP contribution in [0, 0.1) is 0 Å². The summed E-state index contributed by atoms with van der Waals surface area (Å²) in [6.07, 6.45) is 1.58. The van der Waals surface area contributed by atoms with Crippen LogP contribution >= 0.6 is 0 Å². The Hall–Kier alpha value is -1.98. The minimum Gasteiger partial charge on any atom is -0.366 e. The van der Waals surface area contributed by atoms with E-state index in [0.29, 0.717) is 11.2 Å². The van der Waals surface area contributed by atoms with E-state index in [2.05, 4.69) is 15.5 Å². The predicted octanol–water partition coefficient (Wildman–Crippen LogP) is -0.777. The number of nitrogens with two attached hydrogens (primary N) is 1. The zero-order chi connectivity index (χ0) is 8.55. The van der Waals surface area contributed by atoms with Crippen molar-refractivity contribution in [3.05, 3.63) is 23.9 Å². The molecule has 2 aromatic heterocycles. The molecule has 60 valence electrons. The van der Waals surface area contributed by atoms with Gasteiger partial charge in [0.05, 0.1) is 0 Å². The van der Waals surface area contributed by atoms with Crippen molar-refractivity contribution in [2.45, 2.75) is 0 Å². The minimum atomic E-state index is -0.486. The first-order valence-corrected chi connectivity index (χ1v) is 3.25. The number of carbonyl (C=O) groups is 1. The highest BCUT2D eigenvalue weighted by Crippen LogP contribution is 2.01. The van der Waals surface area contributed by atoms with E-state index in [1.807, 2.05) is 0 Å². The molecule has 2 heterocycles. The van der Waals surface area contributed by atoms with Crippen LogP contribution in [0.15, 0.2) is 18.3 Å². The van der Waals surface area contributed by atoms with Crippen molar-refractivity contribution in [2.75, 3.05) is 0 Å². The molecule has 2 rings (SSSR count). The van der Waals surface area contributed by atoms with E-state index >= 15 is 0 Å². The van der Waals surface area contributed by atoms with Crippen molar-refractivity contribution >= 4 is 11.6 Å². The summed E-state index contributed by atoms with van der Waals surface area (Å²) in [7, 11) is 0. The van der Waals surface area contributed by atoms with E-state index in [0.717, 1.165) is 0 Å². The van der Waals surface area contributed by atoms with Gasteiger partial charge in [0.2, 0.25) is 5.91 Å². The molecule has 0 aliphatic carbocycles. The lowest BCUT2D eigenvalue weighted by Crippen LogP contribution is -2.11. The van der Waals surface area contributed by atoms with Gasteiger partial charge in [-0.1, -0.05) is 0 Å². The largest absolute Gasteiger partial charge is 0.366 e. The Balaban J connectivity index is 2.68. The number of tetrazole rings is 1. The van der Waals surface area contributed by atoms with E-state index in [1.165, 1.54) is 10.6 Å². The van der Waals surface area contributed by atoms with Crippen molar-refractivity contribution in [1.29, 1.82) is 0 Å². The van der Waals surface area contributed by atoms with Crippen molar-refractivity contribution in [3.8, 4) is 0 Å². The molecule has 0 saturated carbocycles. The number of primary amides is 1. The first kappa shape index (κ1) is 6.71. The fourth-order valence-corrected chi connectivity index (χ4v) is 0.893. The number of carbonyl (C=O) groups excluding carboxylic acids is 1. The van der Waals surface area contributed by atoms with Crippen LogP contribution in [0.3, 0.4) is 0 Å². The molecule has 6 heteroatoms. The first-order chi connectivity index (χ1) is 5.77. The second-order valence-electron chi connectivity index (χ2n) is 2.26. The van der Waals surface area contributed by atoms with Gasteiger partial charge in [-0.3, -0.25) is 4.79 Å². The third-order valence-corrected chi connectivity index (χ3v) is 1.48. The molecular weight excluding hydrogens is 158 g/mol. The third-order valence-electron chi connectivity index (χ3n) is 1.48. The number of pyridine rings is 1. The molecule has 12 heavy (non-hydrogen) atoms. The van der Waals surface area contributed by atoms with Crippen LogP contribution < -0.4 is 5.73 Å². The van der Waals surface area contributed by atoms with Gasteiger partial charge in [0.1, 0.15) is 0 Å². The fourth-order valence-electron chi connectivity index (χ4n) is 0.893. The third kappa shape index (κ3) is 0.895. The normalized spacial score (nSPS) is 10.3. The number of fused-ring (bicyclic) bond motifs is 1. The zero-order valence-corrected chi connectivity index (χ0v) is 6.01. The number of hydrogen-bond donors (Lipinski definition) is 1. The van der Waals surface area contributed by atoms with Gasteiger partial charge in [-0.05, 0) is 22.6 Å². The smallest absolute Gasteiger partial charge is 0.248 e. The molecule has 0 unspecified atom stereocenters. The predicted molar refractivity (Wildman–Crippen MR) is 39.3 cm³/mol. The molecule has 1 amide bonds. The highest BCUT2D eigenvalue weighted by Gasteiger charge is 2.02. The maximum atomic E-state index is 10.7. The number of aromatic nitrogens is 4. The molecule has 0 aliphatic rings. The maximum Gasteiger partial charge on any atom is 0.248 e. The van der Waals surface area contributed by atoms with Gasteiger partial charge >= 0.3 is 0 Å². The quantitative estimate of drug-likeness (QED) is 0.597. The van der Waals surface area contributed by atoms with Gasteiger partial charge in [0, 0.05) is 11.8 Å². The highest BCUT2D eigenvalue weighted by molar-refractivity contribution is 5.93. The van der Waals surface area contributed by atoms with E-state index in [9.17, 15) is 4.79 Å². The summed E-state index contributed by atoms with van der Waals surface area (Å²) in [5, 5.41) is 10.7. The van der Waals surface area contributed by atoms with Crippen LogP contribution in [0.25, 0.3) is 5.65 Å². The Labute approximate surface area is 67.0 Å². The molecule has 2 N–H and O–H groups in total. The Morgan fingerprint density at radius 2 is 2.42 bits per heavy atom. The second-order valence-corrected chi connectivity index (χ2v) is 2.26. The van der Waals surface area contributed by atoms with Crippen LogP contribution in [-0.4, -0.2) is 25.9 Å². The van der Waals surface area contributed by atoms with Crippen LogP contribution in [0.4, 0.5) is 0 Å². The number of hydrogen-bond acceptors (Lipinski definition) is 4. The zero-order valence-electron chi connectivity index (χ0n) is 6.01. The molecule has 0 saturated heterocycles. The van der Waals surface area contributed by atoms with E-state index in [4.69, 9.17) is 5.73 Å². The van der Waals surface area contributed by atoms with Gasteiger partial charge in [-0.25, -0.2) is 4.52 Å². The lowest BCUT2D eigenvalue weighted by atomic mass is 10.2. The average molecular weight is 163 g/mol. The molecule has 0 spiro atoms. The highest BCUT2D eigenvalue weighted by atomic mass is 16.1. The summed E-state index contributed by atoms with van der Waals surface area (Å²) >= 11 is 0. The minimum absolute atomic E-state index is 0.400. The van der Waals surface area contributed by atoms with E-state index < -0.39 is 5.91 Å². The van der Waals surface area contributed by atoms with Gasteiger partial charge in [-0.15, -0.1) is 5.10 Å². The summed E-state index contributed by atoms with van der Waals surface area (Å²) in [5.41, 5.74) is 5.96. The lowest BCUT2D eigenvalue weighted by Gasteiger charge is -1.93. The monoisotopic (exact) mass is 163 g/mol. The summed E-state index contributed by atoms with van der Waals surface area (Å²) < 4.78 is 1.45. The van der Waals surface area contributed by atoms with Gasteiger partial charge in [-0.2, -0.15) is 0 Å². The van der Waals surface area contributed by atoms with Crippen LogP contribution in [0.1, 0.15) is 10.4 Å². The Bertz CT molecular complexity index is 434. The lowest BCUT2D eigenvalue weighted by molar-refractivity contribution is 0.100. The van der Waals surface area contributed by atoms with Crippen molar-refractivity contribution in [3.63, 3.8) is 0 Å². The first-order valence-electron chi connectivity index (χ1n) is 3.25. The van der Waals surface area contributed by atoms with E-state index in [-0.39, 0.29) is 0 Å². The SMILES string of the molecule is NC(=O)c1ccn2nnnc2c1. The Morgan fingerprint density at radius 3 is 3.17 bits per heavy atom. The molecule has 6 nitrogen and oxygen atoms in total. The molecule has 0 radical (unpaired) electrons. The Kier molecular flexibility index (Phi) is 1.26. The molecule has 0 bridgehead atoms. The molecule has 2 aromatic rings. The van der Waals surface area contributed by atoms with Crippen molar-refractivity contribution in [2.24, 2.45) is 5.73 Å². The number of nitrogens with zero attached hydrogens (tertiary/aromatic N) is 4. The maximum absolute atomic E-state index is 10.7. The van der Waals surface area contributed by atoms with Crippen LogP contribution in [0.5, 0.6) is 0 Å². The molecule has 0 fully saturated rings. The standard InChI is InChI=1S/C6H5N5O/c7-6(12)4-1-2-11-5(3-4)8-9-10-11/h1-3H,(H2,7,12). The summed E-state index contributed by atoms with van der Waals surface area (Å²) in [5.74, 6) is -0.486. The summed E-state index contributed by atoms with van der Waals surface area (Å²) in [6.45, 7) is 0. The topological polar surface area (TPSA) is 86.2 Å². The summed E-state index contributed by atoms with van der Waals surface area (Å²) in [6, 6.07) is 3.09. The fraction of sp³-hybridized carbons (Fsp3) is 0. The molecule has 0 aromatic carbocycles. The van der Waals surface area contributed by atoms with E-state index in [1.54, 1.807) is 12.3 Å². The van der Waals surface area contributed by atoms with Crippen molar-refractivity contribution in [1.82, 2.24) is 20.0 Å². The molecule has 0 atom stereocenters. The number of rotatable bonds is 1. The average Bonchev–Trinajstić information content (AvgIpc) is 2.49. The van der Waals surface area contributed by atoms with Gasteiger partial charge < -0.3 is 5.73 Å². The van der Waals surface area contributed by atoms with Crippen molar-refractivity contribution < 1.29 is 4.79 Å². The second kappa shape index (κ2) is 2.26.